The zero-order valence-electron chi connectivity index (χ0n) is 14.3. The minimum atomic E-state index is -1.27. The van der Waals surface area contributed by atoms with Crippen LogP contribution in [0.3, 0.4) is 0 Å². The summed E-state index contributed by atoms with van der Waals surface area (Å²) in [6, 6.07) is 2.93. The molecule has 1 aromatic heterocycles. The van der Waals surface area contributed by atoms with Crippen molar-refractivity contribution < 1.29 is 22.8 Å². The van der Waals surface area contributed by atoms with Gasteiger partial charge in [0.15, 0.2) is 5.82 Å². The number of nitrogens with one attached hydrogen (secondary N) is 1. The highest BCUT2D eigenvalue weighted by Gasteiger charge is 2.62. The molecule has 2 heterocycles. The Labute approximate surface area is 152 Å². The number of hydrogen-bond acceptors (Lipinski definition) is 4. The molecule has 6 nitrogen and oxygen atoms in total. The zero-order chi connectivity index (χ0) is 19.3. The molecule has 1 spiro atoms. The number of aryl methyl sites for hydroxylation is 1. The van der Waals surface area contributed by atoms with Crippen molar-refractivity contribution in [1.82, 2.24) is 14.9 Å². The number of alkyl halides is 1. The van der Waals surface area contributed by atoms with Crippen LogP contribution in [0.25, 0.3) is 0 Å². The van der Waals surface area contributed by atoms with Crippen molar-refractivity contribution >= 4 is 17.8 Å². The summed E-state index contributed by atoms with van der Waals surface area (Å²) in [4.78, 5) is 33.3. The van der Waals surface area contributed by atoms with Crippen LogP contribution >= 0.6 is 0 Å². The molecule has 0 bridgehead atoms. The van der Waals surface area contributed by atoms with Gasteiger partial charge in [0.1, 0.15) is 18.5 Å². The fraction of sp³-hybridized carbons (Fsp3) is 0.333. The van der Waals surface area contributed by atoms with Crippen LogP contribution in [-0.4, -0.2) is 45.9 Å². The summed E-state index contributed by atoms with van der Waals surface area (Å²) in [6.45, 7) is 1.10. The monoisotopic (exact) mass is 376 g/mol. The van der Waals surface area contributed by atoms with Gasteiger partial charge in [-0.25, -0.2) is 23.1 Å². The van der Waals surface area contributed by atoms with E-state index < -0.39 is 35.0 Å². The third-order valence-electron chi connectivity index (χ3n) is 5.01. The van der Waals surface area contributed by atoms with Gasteiger partial charge in [-0.15, -0.1) is 0 Å². The molecular weight excluding hydrogens is 361 g/mol. The van der Waals surface area contributed by atoms with Gasteiger partial charge in [-0.05, 0) is 25.0 Å². The molecule has 2 amide bonds. The number of aromatic nitrogens is 2. The minimum absolute atomic E-state index is 0.0790. The Morgan fingerprint density at radius 3 is 2.63 bits per heavy atom. The standard InChI is InChI=1S/C18H15F3N4O2/c1-9-2-3-11-14(15(9)21)18(4-12(18)20)8-25(16(11)27)7-13(26)24-17-22-5-10(19)6-23-17/h2-3,5-6,12H,4,7-8H2,1H3,(H,22,23,24,26)/t12?,18-/m1/s1. The number of anilines is 1. The lowest BCUT2D eigenvalue weighted by Gasteiger charge is -2.34. The summed E-state index contributed by atoms with van der Waals surface area (Å²) in [7, 11) is 0. The fourth-order valence-electron chi connectivity index (χ4n) is 3.53. The van der Waals surface area contributed by atoms with Crippen LogP contribution < -0.4 is 5.32 Å². The molecule has 1 aromatic carbocycles. The molecular formula is C18H15F3N4O2. The van der Waals surface area contributed by atoms with Crippen molar-refractivity contribution in [3.8, 4) is 0 Å². The second kappa shape index (κ2) is 6.04. The van der Waals surface area contributed by atoms with Crippen LogP contribution in [0.1, 0.15) is 27.9 Å². The Hall–Kier alpha value is -2.97. The van der Waals surface area contributed by atoms with E-state index >= 15 is 0 Å². The topological polar surface area (TPSA) is 75.2 Å². The molecule has 9 heteroatoms. The van der Waals surface area contributed by atoms with Gasteiger partial charge in [0.25, 0.3) is 5.91 Å². The summed E-state index contributed by atoms with van der Waals surface area (Å²) >= 11 is 0. The van der Waals surface area contributed by atoms with Crippen LogP contribution in [0, 0.1) is 18.6 Å². The number of halogens is 3. The van der Waals surface area contributed by atoms with Crippen molar-refractivity contribution in [1.29, 1.82) is 0 Å². The summed E-state index contributed by atoms with van der Waals surface area (Å²) in [5, 5.41) is 2.35. The molecule has 2 aliphatic rings. The lowest BCUT2D eigenvalue weighted by molar-refractivity contribution is -0.117. The molecule has 2 aromatic rings. The Balaban J connectivity index is 1.58. The summed E-state index contributed by atoms with van der Waals surface area (Å²) in [5.74, 6) is -2.49. The average molecular weight is 376 g/mol. The molecule has 0 saturated heterocycles. The van der Waals surface area contributed by atoms with Crippen LogP contribution in [0.5, 0.6) is 0 Å². The lowest BCUT2D eigenvalue weighted by Crippen LogP contribution is -2.48. The fourth-order valence-corrected chi connectivity index (χ4v) is 3.53. The van der Waals surface area contributed by atoms with E-state index in [0.717, 1.165) is 12.4 Å². The first-order valence-electron chi connectivity index (χ1n) is 8.32. The average Bonchev–Trinajstić information content (AvgIpc) is 3.26. The molecule has 1 aliphatic carbocycles. The van der Waals surface area contributed by atoms with Crippen molar-refractivity contribution in [3.63, 3.8) is 0 Å². The van der Waals surface area contributed by atoms with Crippen LogP contribution in [-0.2, 0) is 10.2 Å². The number of rotatable bonds is 3. The summed E-state index contributed by atoms with van der Waals surface area (Å²) in [5.41, 5.74) is -0.569. The Morgan fingerprint density at radius 1 is 1.33 bits per heavy atom. The van der Waals surface area contributed by atoms with E-state index in [1.807, 2.05) is 0 Å². The van der Waals surface area contributed by atoms with Crippen molar-refractivity contribution in [3.05, 3.63) is 52.9 Å². The zero-order valence-corrected chi connectivity index (χ0v) is 14.3. The van der Waals surface area contributed by atoms with E-state index in [-0.39, 0.29) is 36.6 Å². The first-order chi connectivity index (χ1) is 12.8. The van der Waals surface area contributed by atoms with Crippen molar-refractivity contribution in [2.45, 2.75) is 24.9 Å². The van der Waals surface area contributed by atoms with Crippen LogP contribution in [0.4, 0.5) is 19.1 Å². The van der Waals surface area contributed by atoms with Crippen molar-refractivity contribution in [2.24, 2.45) is 0 Å². The van der Waals surface area contributed by atoms with Gasteiger partial charge < -0.3 is 4.90 Å². The first-order valence-corrected chi connectivity index (χ1v) is 8.32. The number of fused-ring (bicyclic) bond motifs is 2. The van der Waals surface area contributed by atoms with Gasteiger partial charge >= 0.3 is 0 Å². The van der Waals surface area contributed by atoms with Gasteiger partial charge in [-0.3, -0.25) is 14.9 Å². The largest absolute Gasteiger partial charge is 0.328 e. The highest BCUT2D eigenvalue weighted by molar-refractivity contribution is 6.01. The predicted molar refractivity (Wildman–Crippen MR) is 88.9 cm³/mol. The minimum Gasteiger partial charge on any atom is -0.328 e. The van der Waals surface area contributed by atoms with Gasteiger partial charge in [-0.2, -0.15) is 0 Å². The number of nitrogens with zero attached hydrogens (tertiary/aromatic N) is 3. The molecule has 1 unspecified atom stereocenters. The first kappa shape index (κ1) is 17.4. The highest BCUT2D eigenvalue weighted by Crippen LogP contribution is 2.55. The maximum absolute atomic E-state index is 14.6. The van der Waals surface area contributed by atoms with E-state index in [0.29, 0.717) is 5.56 Å². The predicted octanol–water partition coefficient (Wildman–Crippen LogP) is 2.14. The molecule has 0 radical (unpaired) electrons. The van der Waals surface area contributed by atoms with Gasteiger partial charge in [-0.1, -0.05) is 6.07 Å². The molecule has 1 fully saturated rings. The lowest BCUT2D eigenvalue weighted by atomic mass is 9.84. The maximum atomic E-state index is 14.6. The third kappa shape index (κ3) is 2.83. The SMILES string of the molecule is Cc1ccc2c(c1F)[C@]1(CC1F)CN(CC(=O)Nc1ncc(F)cn1)C2=O. The molecule has 2 atom stereocenters. The van der Waals surface area contributed by atoms with Gasteiger partial charge in [0, 0.05) is 17.7 Å². The Bertz CT molecular complexity index is 950. The number of benzene rings is 1. The number of hydrogen-bond donors (Lipinski definition) is 1. The molecule has 27 heavy (non-hydrogen) atoms. The smallest absolute Gasteiger partial charge is 0.254 e. The van der Waals surface area contributed by atoms with Gasteiger partial charge in [0.2, 0.25) is 11.9 Å². The normalized spacial score (nSPS) is 23.3. The third-order valence-corrected chi connectivity index (χ3v) is 5.01. The maximum Gasteiger partial charge on any atom is 0.254 e. The van der Waals surface area contributed by atoms with Crippen LogP contribution in [0.2, 0.25) is 0 Å². The van der Waals surface area contributed by atoms with E-state index in [1.165, 1.54) is 17.0 Å². The molecule has 140 valence electrons. The molecule has 1 saturated carbocycles. The Morgan fingerprint density at radius 2 is 2.00 bits per heavy atom. The summed E-state index contributed by atoms with van der Waals surface area (Å²) in [6.07, 6.45) is 0.616. The quantitative estimate of drug-likeness (QED) is 0.891. The van der Waals surface area contributed by atoms with Crippen molar-refractivity contribution in [2.75, 3.05) is 18.4 Å². The van der Waals surface area contributed by atoms with E-state index in [1.54, 1.807) is 6.92 Å². The summed E-state index contributed by atoms with van der Waals surface area (Å²) < 4.78 is 41.6. The van der Waals surface area contributed by atoms with Gasteiger partial charge in [0.05, 0.1) is 17.8 Å². The molecule has 1 aliphatic heterocycles. The number of amides is 2. The van der Waals surface area contributed by atoms with E-state index in [9.17, 15) is 22.8 Å². The molecule has 1 N–H and O–H groups in total. The highest BCUT2D eigenvalue weighted by atomic mass is 19.1. The number of carbonyl (C=O) groups is 2. The van der Waals surface area contributed by atoms with E-state index in [2.05, 4.69) is 15.3 Å². The molecule has 4 rings (SSSR count). The van der Waals surface area contributed by atoms with Crippen LogP contribution in [0.15, 0.2) is 24.5 Å². The Kier molecular flexibility index (Phi) is 3.90. The van der Waals surface area contributed by atoms with E-state index in [4.69, 9.17) is 0 Å². The second-order valence-electron chi connectivity index (χ2n) is 6.88. The second-order valence-corrected chi connectivity index (χ2v) is 6.88. The number of carbonyl (C=O) groups excluding carboxylic acids is 2.